The number of hydrogen-bond donors (Lipinski definition) is 1. The molecule has 13 heavy (non-hydrogen) atoms. The Morgan fingerprint density at radius 1 is 1.23 bits per heavy atom. The summed E-state index contributed by atoms with van der Waals surface area (Å²) in [5, 5.41) is 1.16. The number of nitrogens with one attached hydrogen (secondary N) is 2. The van der Waals surface area contributed by atoms with E-state index >= 15 is 0 Å². The normalized spacial score (nSPS) is 11.1. The molecule has 0 aliphatic carbocycles. The summed E-state index contributed by atoms with van der Waals surface area (Å²) in [5.74, 6) is 0. The molecule has 2 N–H and O–H groups in total. The molecule has 0 radical (unpaired) electrons. The molecule has 3 nitrogen and oxygen atoms in total. The van der Waals surface area contributed by atoms with E-state index in [2.05, 4.69) is 33.2 Å². The second kappa shape index (κ2) is 2.29. The maximum Gasteiger partial charge on any atom is 0.240 e. The predicted octanol–water partition coefficient (Wildman–Crippen LogP) is 1.53. The lowest BCUT2D eigenvalue weighted by Crippen LogP contribution is -1.95. The number of benzene rings is 1. The van der Waals surface area contributed by atoms with Crippen molar-refractivity contribution in [3.63, 3.8) is 0 Å². The van der Waals surface area contributed by atoms with Gasteiger partial charge in [0, 0.05) is 11.6 Å². The van der Waals surface area contributed by atoms with Gasteiger partial charge in [0.25, 0.3) is 0 Å². The van der Waals surface area contributed by atoms with E-state index in [1.807, 2.05) is 18.6 Å². The van der Waals surface area contributed by atoms with Crippen molar-refractivity contribution >= 4 is 21.9 Å². The topological polar surface area (TPSA) is 42.8 Å². The Kier molecular flexibility index (Phi) is 1.16. The maximum absolute atomic E-state index is 4.33. The molecule has 0 aliphatic heterocycles. The first-order valence-electron chi connectivity index (χ1n) is 4.18. The van der Waals surface area contributed by atoms with E-state index in [1.54, 1.807) is 0 Å². The van der Waals surface area contributed by atoms with Crippen LogP contribution in [0, 0.1) is 0 Å². The van der Waals surface area contributed by atoms with Crippen LogP contribution in [0.3, 0.4) is 0 Å². The van der Waals surface area contributed by atoms with Crippen LogP contribution in [0.1, 0.15) is 0 Å². The van der Waals surface area contributed by atoms with Crippen molar-refractivity contribution in [2.24, 2.45) is 0 Å². The Morgan fingerprint density at radius 2 is 2.23 bits per heavy atom. The zero-order valence-corrected chi connectivity index (χ0v) is 6.91. The monoisotopic (exact) mass is 170 g/mol. The molecule has 3 heteroatoms. The smallest absolute Gasteiger partial charge is 0.240 e. The molecule has 0 aliphatic rings. The molecule has 0 saturated carbocycles. The van der Waals surface area contributed by atoms with Gasteiger partial charge in [-0.15, -0.1) is 0 Å². The Labute approximate surface area is 74.4 Å². The van der Waals surface area contributed by atoms with Gasteiger partial charge in [-0.05, 0) is 18.2 Å². The molecule has 1 aromatic carbocycles. The highest BCUT2D eigenvalue weighted by Crippen LogP contribution is 2.17. The van der Waals surface area contributed by atoms with Crippen LogP contribution in [0.4, 0.5) is 0 Å². The van der Waals surface area contributed by atoms with Gasteiger partial charge in [-0.2, -0.15) is 0 Å². The molecule has 0 atom stereocenters. The molecule has 2 aromatic heterocycles. The van der Waals surface area contributed by atoms with Crippen molar-refractivity contribution < 1.29 is 4.98 Å². The van der Waals surface area contributed by atoms with Gasteiger partial charge < -0.3 is 0 Å². The number of imidazole rings is 1. The molecule has 0 spiro atoms. The number of pyridine rings is 1. The van der Waals surface area contributed by atoms with Crippen LogP contribution < -0.4 is 4.98 Å². The SMILES string of the molecule is c1cnc2c(c1)ccc1[nH]c[nH+]c12. The third kappa shape index (κ3) is 0.839. The van der Waals surface area contributed by atoms with E-state index in [-0.39, 0.29) is 0 Å². The first-order chi connectivity index (χ1) is 6.45. The van der Waals surface area contributed by atoms with E-state index in [0.29, 0.717) is 0 Å². The third-order valence-electron chi connectivity index (χ3n) is 2.22. The molecule has 62 valence electrons. The largest absolute Gasteiger partial charge is 0.252 e. The lowest BCUT2D eigenvalue weighted by atomic mass is 10.2. The van der Waals surface area contributed by atoms with Gasteiger partial charge in [-0.1, -0.05) is 6.07 Å². The standard InChI is InChI=1S/C10H7N3/c1-2-7-3-4-8-10(13-6-12-8)9(7)11-5-1/h1-6H,(H,12,13)/p+1. The fourth-order valence-corrected chi connectivity index (χ4v) is 1.60. The molecule has 0 saturated heterocycles. The van der Waals surface area contributed by atoms with Crippen molar-refractivity contribution in [3.05, 3.63) is 36.8 Å². The van der Waals surface area contributed by atoms with E-state index < -0.39 is 0 Å². The fraction of sp³-hybridized carbons (Fsp3) is 0. The van der Waals surface area contributed by atoms with Crippen LogP contribution in [-0.2, 0) is 0 Å². The lowest BCUT2D eigenvalue weighted by molar-refractivity contribution is -0.343. The molecule has 2 heterocycles. The molecule has 3 rings (SSSR count). The highest BCUT2D eigenvalue weighted by molar-refractivity contribution is 5.98. The van der Waals surface area contributed by atoms with Crippen molar-refractivity contribution in [2.45, 2.75) is 0 Å². The highest BCUT2D eigenvalue weighted by atomic mass is 14.9. The molecule has 0 fully saturated rings. The second-order valence-corrected chi connectivity index (χ2v) is 3.00. The number of aromatic nitrogens is 3. The zero-order valence-electron chi connectivity index (χ0n) is 6.91. The van der Waals surface area contributed by atoms with Crippen LogP contribution in [0.5, 0.6) is 0 Å². The third-order valence-corrected chi connectivity index (χ3v) is 2.22. The second-order valence-electron chi connectivity index (χ2n) is 3.00. The highest BCUT2D eigenvalue weighted by Gasteiger charge is 2.06. The molecule has 3 aromatic rings. The van der Waals surface area contributed by atoms with Gasteiger partial charge in [0.1, 0.15) is 5.52 Å². The van der Waals surface area contributed by atoms with Gasteiger partial charge in [-0.3, -0.25) is 4.98 Å². The summed E-state index contributed by atoms with van der Waals surface area (Å²) in [7, 11) is 0. The summed E-state index contributed by atoms with van der Waals surface area (Å²) in [6.07, 6.45) is 3.63. The average Bonchev–Trinajstić information content (AvgIpc) is 2.65. The van der Waals surface area contributed by atoms with Gasteiger partial charge in [-0.25, -0.2) is 9.97 Å². The summed E-state index contributed by atoms with van der Waals surface area (Å²) < 4.78 is 0. The van der Waals surface area contributed by atoms with Crippen molar-refractivity contribution in [3.8, 4) is 0 Å². The van der Waals surface area contributed by atoms with Crippen LogP contribution in [-0.4, -0.2) is 9.97 Å². The number of H-pyrrole nitrogens is 2. The summed E-state index contributed by atoms with van der Waals surface area (Å²) >= 11 is 0. The Balaban J connectivity index is 2.65. The van der Waals surface area contributed by atoms with E-state index in [4.69, 9.17) is 0 Å². The van der Waals surface area contributed by atoms with E-state index in [9.17, 15) is 0 Å². The van der Waals surface area contributed by atoms with Crippen molar-refractivity contribution in [1.82, 2.24) is 9.97 Å². The lowest BCUT2D eigenvalue weighted by Gasteiger charge is -1.92. The number of rotatable bonds is 0. The number of fused-ring (bicyclic) bond motifs is 3. The molecule has 0 amide bonds. The Morgan fingerprint density at radius 3 is 3.23 bits per heavy atom. The molecule has 0 unspecified atom stereocenters. The zero-order chi connectivity index (χ0) is 8.67. The molecular formula is C10H8N3+. The van der Waals surface area contributed by atoms with Gasteiger partial charge in [0.05, 0.1) is 0 Å². The predicted molar refractivity (Wildman–Crippen MR) is 50.2 cm³/mol. The first kappa shape index (κ1) is 6.60. The van der Waals surface area contributed by atoms with Crippen LogP contribution in [0.2, 0.25) is 0 Å². The maximum atomic E-state index is 4.33. The molecular weight excluding hydrogens is 162 g/mol. The number of nitrogens with zero attached hydrogens (tertiary/aromatic N) is 1. The first-order valence-corrected chi connectivity index (χ1v) is 4.18. The Bertz CT molecular complexity index is 568. The minimum absolute atomic E-state index is 1.02. The van der Waals surface area contributed by atoms with E-state index in [1.165, 1.54) is 0 Å². The van der Waals surface area contributed by atoms with Gasteiger partial charge in [0.2, 0.25) is 6.33 Å². The summed E-state index contributed by atoms with van der Waals surface area (Å²) in [5.41, 5.74) is 3.17. The minimum atomic E-state index is 1.02. The average molecular weight is 170 g/mol. The summed E-state index contributed by atoms with van der Waals surface area (Å²) in [6, 6.07) is 8.12. The van der Waals surface area contributed by atoms with Crippen LogP contribution >= 0.6 is 0 Å². The Hall–Kier alpha value is -1.90. The molecule has 0 bridgehead atoms. The summed E-state index contributed by atoms with van der Waals surface area (Å²) in [4.78, 5) is 10.6. The fourth-order valence-electron chi connectivity index (χ4n) is 1.60. The number of aromatic amines is 2. The quantitative estimate of drug-likeness (QED) is 0.546. The summed E-state index contributed by atoms with van der Waals surface area (Å²) in [6.45, 7) is 0. The minimum Gasteiger partial charge on any atom is -0.252 e. The van der Waals surface area contributed by atoms with Crippen LogP contribution in [0.25, 0.3) is 21.9 Å². The van der Waals surface area contributed by atoms with Gasteiger partial charge >= 0.3 is 0 Å². The van der Waals surface area contributed by atoms with E-state index in [0.717, 1.165) is 21.9 Å². The van der Waals surface area contributed by atoms with Gasteiger partial charge in [0.15, 0.2) is 11.0 Å². The van der Waals surface area contributed by atoms with Crippen molar-refractivity contribution in [1.29, 1.82) is 0 Å². The van der Waals surface area contributed by atoms with Crippen molar-refractivity contribution in [2.75, 3.05) is 0 Å². The number of hydrogen-bond acceptors (Lipinski definition) is 1. The van der Waals surface area contributed by atoms with Crippen LogP contribution in [0.15, 0.2) is 36.8 Å².